The minimum atomic E-state index is 0.170. The lowest BCUT2D eigenvalue weighted by Crippen LogP contribution is -2.23. The second-order valence-corrected chi connectivity index (χ2v) is 1.16. The molecule has 0 amide bonds. The smallest absolute Gasteiger partial charge is 0.360 e. The topological polar surface area (TPSA) is 41.5 Å². The van der Waals surface area contributed by atoms with Gasteiger partial charge in [0.15, 0.2) is 0 Å². The molecule has 0 atom stereocenters. The van der Waals surface area contributed by atoms with E-state index in [0.29, 0.717) is 14.2 Å². The summed E-state index contributed by atoms with van der Waals surface area (Å²) in [7, 11) is 2.12. The molecule has 0 aliphatic carbocycles. The van der Waals surface area contributed by atoms with Crippen LogP contribution in [0, 0.1) is 0 Å². The van der Waals surface area contributed by atoms with Crippen LogP contribution in [0.3, 0.4) is 0 Å². The van der Waals surface area contributed by atoms with Crippen molar-refractivity contribution in [2.45, 2.75) is 0 Å². The first-order valence-corrected chi connectivity index (χ1v) is 2.22. The van der Waals surface area contributed by atoms with E-state index in [9.17, 15) is 0 Å². The average Bonchev–Trinajstić information content (AvgIpc) is 1.69. The quantitative estimate of drug-likeness (QED) is 0.335. The first-order valence-electron chi connectivity index (χ1n) is 2.22. The standard InChI is InChI=1S/C3H10BNO2/c1-7-4-5-2-3-6/h4-6H,2-3H2,1H3. The van der Waals surface area contributed by atoms with Crippen molar-refractivity contribution in [1.29, 1.82) is 0 Å². The molecule has 0 rings (SSSR count). The van der Waals surface area contributed by atoms with E-state index in [1.165, 1.54) is 0 Å². The molecule has 0 spiro atoms. The molecule has 0 bridgehead atoms. The highest BCUT2D eigenvalue weighted by molar-refractivity contribution is 6.23. The Kier molecular flexibility index (Phi) is 5.90. The maximum atomic E-state index is 8.17. The first-order chi connectivity index (χ1) is 3.41. The van der Waals surface area contributed by atoms with Gasteiger partial charge in [-0.25, -0.2) is 0 Å². The molecule has 0 radical (unpaired) electrons. The van der Waals surface area contributed by atoms with Crippen LogP contribution in [0.4, 0.5) is 0 Å². The number of hydrogen-bond donors (Lipinski definition) is 2. The molecule has 0 aromatic heterocycles. The zero-order valence-corrected chi connectivity index (χ0v) is 4.48. The summed E-state index contributed by atoms with van der Waals surface area (Å²) in [6.07, 6.45) is 0. The molecule has 3 nitrogen and oxygen atoms in total. The molecule has 42 valence electrons. The molecule has 0 aromatic carbocycles. The Morgan fingerprint density at radius 3 is 3.00 bits per heavy atom. The van der Waals surface area contributed by atoms with Gasteiger partial charge in [-0.1, -0.05) is 0 Å². The van der Waals surface area contributed by atoms with Gasteiger partial charge in [-0.15, -0.1) is 0 Å². The molecule has 0 aliphatic rings. The van der Waals surface area contributed by atoms with E-state index in [4.69, 9.17) is 5.11 Å². The summed E-state index contributed by atoms with van der Waals surface area (Å²) < 4.78 is 4.62. The molecule has 0 heterocycles. The fraction of sp³-hybridized carbons (Fsp3) is 1.00. The Balaban J connectivity index is 2.45. The molecule has 0 aliphatic heterocycles. The van der Waals surface area contributed by atoms with Gasteiger partial charge in [-0.3, -0.25) is 0 Å². The first kappa shape index (κ1) is 6.94. The van der Waals surface area contributed by atoms with Crippen LogP contribution >= 0.6 is 0 Å². The van der Waals surface area contributed by atoms with Crippen LogP contribution in [0.15, 0.2) is 0 Å². The van der Waals surface area contributed by atoms with Crippen LogP contribution in [-0.4, -0.2) is 33.0 Å². The maximum absolute atomic E-state index is 8.17. The molecule has 0 aromatic rings. The van der Waals surface area contributed by atoms with E-state index in [-0.39, 0.29) is 6.61 Å². The molecule has 2 N–H and O–H groups in total. The molecule has 0 saturated carbocycles. The highest BCUT2D eigenvalue weighted by Crippen LogP contribution is 1.53. The monoisotopic (exact) mass is 103 g/mol. The second-order valence-electron chi connectivity index (χ2n) is 1.16. The summed E-state index contributed by atoms with van der Waals surface area (Å²) >= 11 is 0. The molecule has 0 saturated heterocycles. The lowest BCUT2D eigenvalue weighted by atomic mass is 10.3. The largest absolute Gasteiger partial charge is 0.427 e. The average molecular weight is 103 g/mol. The van der Waals surface area contributed by atoms with Crippen molar-refractivity contribution in [3.63, 3.8) is 0 Å². The van der Waals surface area contributed by atoms with Crippen LogP contribution < -0.4 is 5.23 Å². The van der Waals surface area contributed by atoms with Gasteiger partial charge < -0.3 is 15.0 Å². The van der Waals surface area contributed by atoms with Crippen LogP contribution in [-0.2, 0) is 4.65 Å². The number of aliphatic hydroxyl groups is 1. The van der Waals surface area contributed by atoms with E-state index in [2.05, 4.69) is 9.88 Å². The van der Waals surface area contributed by atoms with Crippen LogP contribution in [0.2, 0.25) is 0 Å². The Morgan fingerprint density at radius 1 is 1.86 bits per heavy atom. The third kappa shape index (κ3) is 5.94. The summed E-state index contributed by atoms with van der Waals surface area (Å²) in [6, 6.07) is 0. The lowest BCUT2D eigenvalue weighted by molar-refractivity contribution is 0.298. The van der Waals surface area contributed by atoms with Crippen molar-refractivity contribution in [3.8, 4) is 0 Å². The Morgan fingerprint density at radius 2 is 2.57 bits per heavy atom. The normalized spacial score (nSPS) is 8.86. The predicted molar refractivity (Wildman–Crippen MR) is 29.2 cm³/mol. The SMILES string of the molecule is COBNCCO. The van der Waals surface area contributed by atoms with Gasteiger partial charge in [0.2, 0.25) is 0 Å². The molecule has 4 heteroatoms. The molecular formula is C3H10BNO2. The van der Waals surface area contributed by atoms with Crippen molar-refractivity contribution in [3.05, 3.63) is 0 Å². The summed E-state index contributed by atoms with van der Waals surface area (Å²) in [5, 5.41) is 11.0. The van der Waals surface area contributed by atoms with Crippen molar-refractivity contribution < 1.29 is 9.76 Å². The maximum Gasteiger partial charge on any atom is 0.360 e. The van der Waals surface area contributed by atoms with Gasteiger partial charge in [-0.05, 0) is 0 Å². The molecule has 0 unspecified atom stereocenters. The summed E-state index contributed by atoms with van der Waals surface area (Å²) in [5.74, 6) is 0. The zero-order valence-electron chi connectivity index (χ0n) is 4.48. The van der Waals surface area contributed by atoms with Gasteiger partial charge in [0.1, 0.15) is 0 Å². The number of hydrogen-bond acceptors (Lipinski definition) is 3. The van der Waals surface area contributed by atoms with E-state index in [1.807, 2.05) is 0 Å². The zero-order chi connectivity index (χ0) is 5.54. The Hall–Kier alpha value is -0.0551. The second kappa shape index (κ2) is 5.94. The molecule has 0 fully saturated rings. The molecule has 7 heavy (non-hydrogen) atoms. The van der Waals surface area contributed by atoms with Gasteiger partial charge >= 0.3 is 7.62 Å². The van der Waals surface area contributed by atoms with Gasteiger partial charge in [0.25, 0.3) is 0 Å². The van der Waals surface area contributed by atoms with E-state index in [0.717, 1.165) is 0 Å². The minimum absolute atomic E-state index is 0.170. The van der Waals surface area contributed by atoms with Crippen LogP contribution in [0.1, 0.15) is 0 Å². The van der Waals surface area contributed by atoms with Gasteiger partial charge in [0, 0.05) is 13.7 Å². The summed E-state index contributed by atoms with van der Waals surface area (Å²) in [4.78, 5) is 0. The highest BCUT2D eigenvalue weighted by atomic mass is 16.4. The van der Waals surface area contributed by atoms with E-state index in [1.54, 1.807) is 7.11 Å². The molecular weight excluding hydrogens is 92.8 g/mol. The fourth-order valence-corrected chi connectivity index (χ4v) is 0.253. The van der Waals surface area contributed by atoms with Gasteiger partial charge in [-0.2, -0.15) is 0 Å². The summed E-state index contributed by atoms with van der Waals surface area (Å²) in [6.45, 7) is 0.775. The number of nitrogens with one attached hydrogen (secondary N) is 1. The third-order valence-electron chi connectivity index (χ3n) is 0.535. The minimum Gasteiger partial charge on any atom is -0.427 e. The van der Waals surface area contributed by atoms with E-state index < -0.39 is 0 Å². The predicted octanol–water partition coefficient (Wildman–Crippen LogP) is -1.52. The Bertz CT molecular complexity index is 32.1. The van der Waals surface area contributed by atoms with Crippen molar-refractivity contribution >= 4 is 7.62 Å². The third-order valence-corrected chi connectivity index (χ3v) is 0.535. The Labute approximate surface area is 44.0 Å². The van der Waals surface area contributed by atoms with Crippen LogP contribution in [0.25, 0.3) is 0 Å². The lowest BCUT2D eigenvalue weighted by Gasteiger charge is -1.94. The van der Waals surface area contributed by atoms with Crippen molar-refractivity contribution in [2.24, 2.45) is 0 Å². The van der Waals surface area contributed by atoms with Crippen LogP contribution in [0.5, 0.6) is 0 Å². The van der Waals surface area contributed by atoms with Gasteiger partial charge in [0.05, 0.1) is 6.61 Å². The number of rotatable bonds is 4. The van der Waals surface area contributed by atoms with E-state index >= 15 is 0 Å². The fourth-order valence-electron chi connectivity index (χ4n) is 0.253. The highest BCUT2D eigenvalue weighted by Gasteiger charge is 1.81. The van der Waals surface area contributed by atoms with Crippen molar-refractivity contribution in [1.82, 2.24) is 5.23 Å². The number of aliphatic hydroxyl groups excluding tert-OH is 1. The summed E-state index contributed by atoms with van der Waals surface area (Å²) in [5.41, 5.74) is 0. The van der Waals surface area contributed by atoms with Crippen molar-refractivity contribution in [2.75, 3.05) is 20.3 Å².